The van der Waals surface area contributed by atoms with Crippen molar-refractivity contribution in [2.24, 2.45) is 5.73 Å². The summed E-state index contributed by atoms with van der Waals surface area (Å²) >= 11 is 0. The Balaban J connectivity index is 2.26. The number of nitrogens with one attached hydrogen (secondary N) is 3. The van der Waals surface area contributed by atoms with Crippen molar-refractivity contribution < 1.29 is 9.59 Å². The lowest BCUT2D eigenvalue weighted by molar-refractivity contribution is -0.139. The minimum Gasteiger partial charge on any atom is -0.347 e. The van der Waals surface area contributed by atoms with Gasteiger partial charge in [-0.3, -0.25) is 14.7 Å². The standard InChI is InChI=1S/C8H13N5O2/c9-1-2-10-7(14)8(15)11-3-6-4-12-13-5-6/h4-5H,1-3,9H2,(H,10,14)(H,11,15)(H,12,13). The summed E-state index contributed by atoms with van der Waals surface area (Å²) in [7, 11) is 0. The Hall–Kier alpha value is -1.89. The molecule has 1 aromatic rings. The van der Waals surface area contributed by atoms with Crippen LogP contribution in [0.3, 0.4) is 0 Å². The Kier molecular flexibility index (Phi) is 4.30. The van der Waals surface area contributed by atoms with Gasteiger partial charge in [0.05, 0.1) is 6.20 Å². The molecule has 1 aromatic heterocycles. The van der Waals surface area contributed by atoms with E-state index in [-0.39, 0.29) is 13.1 Å². The molecule has 0 aliphatic heterocycles. The summed E-state index contributed by atoms with van der Waals surface area (Å²) in [4.78, 5) is 22.2. The maximum absolute atomic E-state index is 11.1. The zero-order valence-electron chi connectivity index (χ0n) is 8.12. The number of amides is 2. The summed E-state index contributed by atoms with van der Waals surface area (Å²) in [6.45, 7) is 0.865. The van der Waals surface area contributed by atoms with Gasteiger partial charge in [-0.25, -0.2) is 0 Å². The van der Waals surface area contributed by atoms with E-state index in [4.69, 9.17) is 5.73 Å². The Labute approximate surface area is 86.4 Å². The monoisotopic (exact) mass is 211 g/mol. The van der Waals surface area contributed by atoms with Gasteiger partial charge in [0, 0.05) is 31.4 Å². The lowest BCUT2D eigenvalue weighted by atomic mass is 10.3. The first kappa shape index (κ1) is 11.2. The van der Waals surface area contributed by atoms with Crippen molar-refractivity contribution in [1.82, 2.24) is 20.8 Å². The number of aromatic nitrogens is 2. The molecule has 0 unspecified atom stereocenters. The van der Waals surface area contributed by atoms with Crippen molar-refractivity contribution in [1.29, 1.82) is 0 Å². The molecular weight excluding hydrogens is 198 g/mol. The molecule has 0 atom stereocenters. The minimum atomic E-state index is -0.677. The van der Waals surface area contributed by atoms with E-state index >= 15 is 0 Å². The maximum Gasteiger partial charge on any atom is 0.309 e. The van der Waals surface area contributed by atoms with Crippen molar-refractivity contribution in [2.75, 3.05) is 13.1 Å². The molecule has 0 fully saturated rings. The Morgan fingerprint density at radius 3 is 2.73 bits per heavy atom. The van der Waals surface area contributed by atoms with Crippen LogP contribution in [0.1, 0.15) is 5.56 Å². The molecule has 7 heteroatoms. The predicted octanol–water partition coefficient (Wildman–Crippen LogP) is -1.90. The molecule has 0 bridgehead atoms. The molecule has 0 saturated carbocycles. The average Bonchev–Trinajstić information content (AvgIpc) is 2.75. The first-order valence-corrected chi connectivity index (χ1v) is 4.47. The van der Waals surface area contributed by atoms with Gasteiger partial charge in [-0.05, 0) is 0 Å². The SMILES string of the molecule is NCCNC(=O)C(=O)NCc1cn[nH]c1. The molecule has 7 nitrogen and oxygen atoms in total. The van der Waals surface area contributed by atoms with Gasteiger partial charge in [-0.15, -0.1) is 0 Å². The van der Waals surface area contributed by atoms with Gasteiger partial charge < -0.3 is 16.4 Å². The molecule has 5 N–H and O–H groups in total. The second kappa shape index (κ2) is 5.76. The molecule has 0 radical (unpaired) electrons. The maximum atomic E-state index is 11.1. The van der Waals surface area contributed by atoms with Gasteiger partial charge in [0.1, 0.15) is 0 Å². The number of nitrogens with zero attached hydrogens (tertiary/aromatic N) is 1. The number of H-pyrrole nitrogens is 1. The fraction of sp³-hybridized carbons (Fsp3) is 0.375. The second-order valence-electron chi connectivity index (χ2n) is 2.83. The highest BCUT2D eigenvalue weighted by molar-refractivity contribution is 6.35. The zero-order chi connectivity index (χ0) is 11.1. The van der Waals surface area contributed by atoms with Gasteiger partial charge in [-0.1, -0.05) is 0 Å². The smallest absolute Gasteiger partial charge is 0.309 e. The molecule has 0 aliphatic rings. The third-order valence-electron chi connectivity index (χ3n) is 1.64. The van der Waals surface area contributed by atoms with Crippen LogP contribution < -0.4 is 16.4 Å². The highest BCUT2D eigenvalue weighted by Gasteiger charge is 2.11. The molecule has 0 aliphatic carbocycles. The van der Waals surface area contributed by atoms with Crippen molar-refractivity contribution in [3.63, 3.8) is 0 Å². The molecule has 15 heavy (non-hydrogen) atoms. The van der Waals surface area contributed by atoms with Crippen LogP contribution in [0.2, 0.25) is 0 Å². The number of hydrogen-bond donors (Lipinski definition) is 4. The third-order valence-corrected chi connectivity index (χ3v) is 1.64. The molecule has 0 saturated heterocycles. The number of hydrogen-bond acceptors (Lipinski definition) is 4. The first-order valence-electron chi connectivity index (χ1n) is 4.47. The van der Waals surface area contributed by atoms with E-state index in [1.807, 2.05) is 0 Å². The number of nitrogens with two attached hydrogens (primary N) is 1. The number of rotatable bonds is 4. The van der Waals surface area contributed by atoms with Gasteiger partial charge in [0.2, 0.25) is 0 Å². The van der Waals surface area contributed by atoms with Crippen molar-refractivity contribution in [3.05, 3.63) is 18.0 Å². The summed E-state index contributed by atoms with van der Waals surface area (Å²) in [6.07, 6.45) is 3.20. The van der Waals surface area contributed by atoms with Crippen LogP contribution in [-0.2, 0) is 16.1 Å². The highest BCUT2D eigenvalue weighted by atomic mass is 16.2. The van der Waals surface area contributed by atoms with Crippen LogP contribution in [0.4, 0.5) is 0 Å². The van der Waals surface area contributed by atoms with E-state index in [0.29, 0.717) is 6.54 Å². The normalized spacial score (nSPS) is 9.67. The quantitative estimate of drug-likeness (QED) is 0.436. The fourth-order valence-electron chi connectivity index (χ4n) is 0.903. The van der Waals surface area contributed by atoms with Gasteiger partial charge in [0.25, 0.3) is 0 Å². The zero-order valence-corrected chi connectivity index (χ0v) is 8.12. The van der Waals surface area contributed by atoms with Crippen molar-refractivity contribution in [3.8, 4) is 0 Å². The van der Waals surface area contributed by atoms with Crippen LogP contribution in [0.15, 0.2) is 12.4 Å². The predicted molar refractivity (Wildman–Crippen MR) is 52.5 cm³/mol. The highest BCUT2D eigenvalue weighted by Crippen LogP contribution is 1.91. The number of carbonyl (C=O) groups is 2. The summed E-state index contributed by atoms with van der Waals surface area (Å²) in [6, 6.07) is 0. The topological polar surface area (TPSA) is 113 Å². The van der Waals surface area contributed by atoms with E-state index in [9.17, 15) is 9.59 Å². The van der Waals surface area contributed by atoms with Crippen LogP contribution in [0, 0.1) is 0 Å². The number of carbonyl (C=O) groups excluding carboxylic acids is 2. The lowest BCUT2D eigenvalue weighted by Gasteiger charge is -2.03. The van der Waals surface area contributed by atoms with Crippen LogP contribution in [-0.4, -0.2) is 35.1 Å². The van der Waals surface area contributed by atoms with Gasteiger partial charge in [0.15, 0.2) is 0 Å². The summed E-state index contributed by atoms with van der Waals surface area (Å²) in [5.74, 6) is -1.35. The Morgan fingerprint density at radius 2 is 2.13 bits per heavy atom. The first-order chi connectivity index (χ1) is 7.24. The van der Waals surface area contributed by atoms with Crippen molar-refractivity contribution in [2.45, 2.75) is 6.54 Å². The molecule has 1 heterocycles. The van der Waals surface area contributed by atoms with Crippen LogP contribution in [0.25, 0.3) is 0 Å². The van der Waals surface area contributed by atoms with Crippen LogP contribution >= 0.6 is 0 Å². The molecular formula is C8H13N5O2. The molecule has 82 valence electrons. The third kappa shape index (κ3) is 3.77. The van der Waals surface area contributed by atoms with E-state index in [1.54, 1.807) is 12.4 Å². The van der Waals surface area contributed by atoms with Gasteiger partial charge in [-0.2, -0.15) is 5.10 Å². The van der Waals surface area contributed by atoms with Crippen molar-refractivity contribution >= 4 is 11.8 Å². The van der Waals surface area contributed by atoms with Gasteiger partial charge >= 0.3 is 11.8 Å². The fourth-order valence-corrected chi connectivity index (χ4v) is 0.903. The van der Waals surface area contributed by atoms with E-state index < -0.39 is 11.8 Å². The summed E-state index contributed by atoms with van der Waals surface area (Å²) < 4.78 is 0. The van der Waals surface area contributed by atoms with E-state index in [0.717, 1.165) is 5.56 Å². The lowest BCUT2D eigenvalue weighted by Crippen LogP contribution is -2.41. The largest absolute Gasteiger partial charge is 0.347 e. The second-order valence-corrected chi connectivity index (χ2v) is 2.83. The number of aromatic amines is 1. The summed E-state index contributed by atoms with van der Waals surface area (Å²) in [5.41, 5.74) is 5.97. The van der Waals surface area contributed by atoms with Crippen LogP contribution in [0.5, 0.6) is 0 Å². The molecule has 2 amide bonds. The minimum absolute atomic E-state index is 0.269. The Morgan fingerprint density at radius 1 is 1.40 bits per heavy atom. The Bertz CT molecular complexity index is 322. The molecule has 0 aromatic carbocycles. The average molecular weight is 211 g/mol. The van der Waals surface area contributed by atoms with E-state index in [2.05, 4.69) is 20.8 Å². The summed E-state index contributed by atoms with van der Waals surface area (Å²) in [5, 5.41) is 11.1. The molecule has 1 rings (SSSR count). The molecule has 0 spiro atoms. The van der Waals surface area contributed by atoms with E-state index in [1.165, 1.54) is 0 Å².